The van der Waals surface area contributed by atoms with E-state index >= 15 is 0 Å². The third kappa shape index (κ3) is 3.32. The predicted molar refractivity (Wildman–Crippen MR) is 102 cm³/mol. The first-order valence-corrected chi connectivity index (χ1v) is 8.79. The molecule has 3 nitrogen and oxygen atoms in total. The van der Waals surface area contributed by atoms with Gasteiger partial charge in [-0.15, -0.1) is 0 Å². The van der Waals surface area contributed by atoms with Gasteiger partial charge in [0.05, 0.1) is 24.1 Å². The Morgan fingerprint density at radius 2 is 1.59 bits per heavy atom. The summed E-state index contributed by atoms with van der Waals surface area (Å²) < 4.78 is 13.2. The molecule has 0 fully saturated rings. The van der Waals surface area contributed by atoms with Gasteiger partial charge in [-0.1, -0.05) is 42.5 Å². The summed E-state index contributed by atoms with van der Waals surface area (Å²) in [7, 11) is 0. The van der Waals surface area contributed by atoms with Crippen molar-refractivity contribution in [3.05, 3.63) is 101 Å². The minimum atomic E-state index is -0.286. The Morgan fingerprint density at radius 1 is 0.926 bits per heavy atom. The van der Waals surface area contributed by atoms with Gasteiger partial charge in [-0.25, -0.2) is 4.39 Å². The Balaban J connectivity index is 1.62. The molecule has 0 radical (unpaired) electrons. The van der Waals surface area contributed by atoms with Crippen LogP contribution in [0.15, 0.2) is 72.8 Å². The molecular formula is C23H17FN2O. The number of anilines is 1. The second-order valence-corrected chi connectivity index (χ2v) is 6.68. The molecule has 1 unspecified atom stereocenters. The van der Waals surface area contributed by atoms with Crippen LogP contribution in [0.5, 0.6) is 0 Å². The summed E-state index contributed by atoms with van der Waals surface area (Å²) in [6.45, 7) is 0.417. The molecule has 4 rings (SSSR count). The maximum absolute atomic E-state index is 13.2. The van der Waals surface area contributed by atoms with Gasteiger partial charge in [-0.3, -0.25) is 4.79 Å². The summed E-state index contributed by atoms with van der Waals surface area (Å²) in [5, 5.41) is 8.94. The van der Waals surface area contributed by atoms with Crippen molar-refractivity contribution in [1.82, 2.24) is 0 Å². The molecule has 1 amide bonds. The van der Waals surface area contributed by atoms with Crippen molar-refractivity contribution in [2.45, 2.75) is 18.9 Å². The van der Waals surface area contributed by atoms with Gasteiger partial charge in [0.2, 0.25) is 5.91 Å². The van der Waals surface area contributed by atoms with Gasteiger partial charge in [-0.2, -0.15) is 5.26 Å². The lowest BCUT2D eigenvalue weighted by molar-refractivity contribution is -0.119. The fourth-order valence-corrected chi connectivity index (χ4v) is 3.55. The lowest BCUT2D eigenvalue weighted by Gasteiger charge is -2.18. The van der Waals surface area contributed by atoms with Crippen LogP contribution in [-0.2, 0) is 17.8 Å². The fraction of sp³-hybridized carbons (Fsp3) is 0.130. The summed E-state index contributed by atoms with van der Waals surface area (Å²) in [6.07, 6.45) is 0.585. The summed E-state index contributed by atoms with van der Waals surface area (Å²) in [5.74, 6) is -0.495. The van der Waals surface area contributed by atoms with Gasteiger partial charge in [0.15, 0.2) is 0 Å². The van der Waals surface area contributed by atoms with Crippen LogP contribution in [0.25, 0.3) is 0 Å². The van der Waals surface area contributed by atoms with Gasteiger partial charge in [0.1, 0.15) is 5.82 Å². The van der Waals surface area contributed by atoms with Crippen LogP contribution in [0.2, 0.25) is 0 Å². The molecule has 0 spiro atoms. The summed E-state index contributed by atoms with van der Waals surface area (Å²) >= 11 is 0. The molecule has 4 heteroatoms. The zero-order valence-electron chi connectivity index (χ0n) is 14.6. The number of halogens is 1. The molecule has 0 bridgehead atoms. The molecule has 1 atom stereocenters. The first-order valence-electron chi connectivity index (χ1n) is 8.79. The lowest BCUT2D eigenvalue weighted by atomic mass is 9.93. The van der Waals surface area contributed by atoms with Crippen molar-refractivity contribution >= 4 is 11.6 Å². The zero-order chi connectivity index (χ0) is 18.8. The number of nitriles is 1. The number of rotatable bonds is 4. The molecule has 1 heterocycles. The maximum Gasteiger partial charge on any atom is 0.235 e. The van der Waals surface area contributed by atoms with Crippen LogP contribution in [0.3, 0.4) is 0 Å². The van der Waals surface area contributed by atoms with E-state index in [1.807, 2.05) is 36.4 Å². The number of benzene rings is 3. The monoisotopic (exact) mass is 356 g/mol. The molecule has 0 aromatic heterocycles. The first kappa shape index (κ1) is 17.0. The van der Waals surface area contributed by atoms with Gasteiger partial charge in [0, 0.05) is 5.69 Å². The van der Waals surface area contributed by atoms with Crippen LogP contribution in [0, 0.1) is 17.1 Å². The Labute approximate surface area is 157 Å². The van der Waals surface area contributed by atoms with E-state index in [9.17, 15) is 9.18 Å². The molecule has 0 aliphatic carbocycles. The number of carbonyl (C=O) groups excluding carboxylic acids is 1. The predicted octanol–water partition coefficient (Wildman–Crippen LogP) is 4.57. The Morgan fingerprint density at radius 3 is 2.30 bits per heavy atom. The van der Waals surface area contributed by atoms with E-state index in [1.165, 1.54) is 12.1 Å². The molecule has 132 valence electrons. The molecule has 1 aliphatic heterocycles. The summed E-state index contributed by atoms with van der Waals surface area (Å²) in [5.41, 5.74) is 4.43. The largest absolute Gasteiger partial charge is 0.307 e. The van der Waals surface area contributed by atoms with Crippen LogP contribution < -0.4 is 4.90 Å². The van der Waals surface area contributed by atoms with E-state index < -0.39 is 0 Å². The highest BCUT2D eigenvalue weighted by Crippen LogP contribution is 2.39. The number of nitrogens with zero attached hydrogens (tertiary/aromatic N) is 2. The maximum atomic E-state index is 13.2. The number of fused-ring (bicyclic) bond motifs is 1. The third-order valence-electron chi connectivity index (χ3n) is 4.94. The lowest BCUT2D eigenvalue weighted by Crippen LogP contribution is -2.29. The van der Waals surface area contributed by atoms with Gasteiger partial charge >= 0.3 is 0 Å². The third-order valence-corrected chi connectivity index (χ3v) is 4.94. The highest BCUT2D eigenvalue weighted by molar-refractivity contribution is 6.05. The number of hydrogen-bond donors (Lipinski definition) is 0. The van der Waals surface area contributed by atoms with E-state index in [0.717, 1.165) is 22.4 Å². The van der Waals surface area contributed by atoms with Gasteiger partial charge in [-0.05, 0) is 53.4 Å². The van der Waals surface area contributed by atoms with Crippen molar-refractivity contribution in [3.63, 3.8) is 0 Å². The zero-order valence-corrected chi connectivity index (χ0v) is 14.6. The molecule has 0 N–H and O–H groups in total. The molecule has 3 aromatic rings. The Bertz CT molecular complexity index is 1020. The standard InChI is InChI=1S/C23H17FN2O/c24-19-11-9-18(10-12-19)15-26-22-4-2-1-3-20(22)21(23(26)27)13-16-5-7-17(14-25)8-6-16/h1-12,21H,13,15H2. The Hall–Kier alpha value is -3.45. The SMILES string of the molecule is N#Cc1ccc(CC2C(=O)N(Cc3ccc(F)cc3)c3ccccc32)cc1. The average molecular weight is 356 g/mol. The van der Waals surface area contributed by atoms with Crippen molar-refractivity contribution < 1.29 is 9.18 Å². The number of carbonyl (C=O) groups is 1. The second-order valence-electron chi connectivity index (χ2n) is 6.68. The fourth-order valence-electron chi connectivity index (χ4n) is 3.55. The minimum absolute atomic E-state index is 0.0462. The number of amides is 1. The van der Waals surface area contributed by atoms with E-state index in [0.29, 0.717) is 18.5 Å². The first-order chi connectivity index (χ1) is 13.2. The highest BCUT2D eigenvalue weighted by atomic mass is 19.1. The second kappa shape index (κ2) is 7.05. The number of hydrogen-bond acceptors (Lipinski definition) is 2. The normalized spacial score (nSPS) is 15.5. The quantitative estimate of drug-likeness (QED) is 0.687. The minimum Gasteiger partial charge on any atom is -0.307 e. The molecule has 3 aromatic carbocycles. The van der Waals surface area contributed by atoms with Crippen molar-refractivity contribution in [1.29, 1.82) is 5.26 Å². The van der Waals surface area contributed by atoms with Crippen LogP contribution in [-0.4, -0.2) is 5.91 Å². The van der Waals surface area contributed by atoms with E-state index in [2.05, 4.69) is 6.07 Å². The van der Waals surface area contributed by atoms with Crippen molar-refractivity contribution in [2.75, 3.05) is 4.90 Å². The van der Waals surface area contributed by atoms with Crippen molar-refractivity contribution in [2.24, 2.45) is 0 Å². The topological polar surface area (TPSA) is 44.1 Å². The van der Waals surface area contributed by atoms with Gasteiger partial charge in [0.25, 0.3) is 0 Å². The van der Waals surface area contributed by atoms with E-state index in [4.69, 9.17) is 5.26 Å². The smallest absolute Gasteiger partial charge is 0.235 e. The van der Waals surface area contributed by atoms with E-state index in [1.54, 1.807) is 29.2 Å². The molecule has 0 saturated carbocycles. The van der Waals surface area contributed by atoms with Gasteiger partial charge < -0.3 is 4.90 Å². The van der Waals surface area contributed by atoms with Crippen LogP contribution in [0.4, 0.5) is 10.1 Å². The molecule has 1 aliphatic rings. The Kier molecular flexibility index (Phi) is 4.43. The molecule has 0 saturated heterocycles. The molecule has 27 heavy (non-hydrogen) atoms. The van der Waals surface area contributed by atoms with E-state index in [-0.39, 0.29) is 17.6 Å². The summed E-state index contributed by atoms with van der Waals surface area (Å²) in [6, 6.07) is 23.5. The summed E-state index contributed by atoms with van der Waals surface area (Å²) in [4.78, 5) is 14.9. The number of para-hydroxylation sites is 1. The van der Waals surface area contributed by atoms with Crippen LogP contribution >= 0.6 is 0 Å². The van der Waals surface area contributed by atoms with Crippen molar-refractivity contribution in [3.8, 4) is 6.07 Å². The average Bonchev–Trinajstić information content (AvgIpc) is 2.96. The van der Waals surface area contributed by atoms with Crippen LogP contribution in [0.1, 0.15) is 28.2 Å². The molecular weight excluding hydrogens is 339 g/mol. The highest BCUT2D eigenvalue weighted by Gasteiger charge is 2.36.